The van der Waals surface area contributed by atoms with Crippen molar-refractivity contribution in [3.63, 3.8) is 0 Å². The third-order valence-corrected chi connectivity index (χ3v) is 2.87. The van der Waals surface area contributed by atoms with Crippen LogP contribution in [-0.4, -0.2) is 29.2 Å². The Hall–Kier alpha value is -2.54. The molecule has 21 heavy (non-hydrogen) atoms. The SMILES string of the molecule is NCCCN(C(=O)c1ccc(=O)[nH]n1)c1ccccc1F. The van der Waals surface area contributed by atoms with Crippen LogP contribution in [0.15, 0.2) is 41.2 Å². The third-order valence-electron chi connectivity index (χ3n) is 2.87. The first-order chi connectivity index (χ1) is 10.1. The molecule has 0 aliphatic heterocycles. The molecule has 2 aromatic rings. The smallest absolute Gasteiger partial charge is 0.278 e. The lowest BCUT2D eigenvalue weighted by atomic mass is 10.2. The minimum absolute atomic E-state index is 0.0369. The monoisotopic (exact) mass is 290 g/mol. The zero-order valence-electron chi connectivity index (χ0n) is 11.3. The quantitative estimate of drug-likeness (QED) is 0.856. The molecule has 0 unspecified atom stereocenters. The Morgan fingerprint density at radius 2 is 2.05 bits per heavy atom. The average Bonchev–Trinajstić information content (AvgIpc) is 2.50. The van der Waals surface area contributed by atoms with E-state index >= 15 is 0 Å². The molecule has 0 saturated heterocycles. The van der Waals surface area contributed by atoms with Crippen LogP contribution in [0, 0.1) is 5.82 Å². The number of carbonyl (C=O) groups excluding carboxylic acids is 1. The first-order valence-electron chi connectivity index (χ1n) is 6.45. The molecule has 0 saturated carbocycles. The molecule has 7 heteroatoms. The number of para-hydroxylation sites is 1. The number of rotatable bonds is 5. The van der Waals surface area contributed by atoms with E-state index in [9.17, 15) is 14.0 Å². The third kappa shape index (κ3) is 3.51. The van der Waals surface area contributed by atoms with Crippen molar-refractivity contribution in [2.75, 3.05) is 18.0 Å². The van der Waals surface area contributed by atoms with Crippen LogP contribution in [0.4, 0.5) is 10.1 Å². The van der Waals surface area contributed by atoms with E-state index in [1.165, 1.54) is 29.2 Å². The molecule has 0 spiro atoms. The number of aromatic amines is 1. The molecule has 0 aliphatic carbocycles. The van der Waals surface area contributed by atoms with E-state index in [1.54, 1.807) is 12.1 Å². The molecule has 6 nitrogen and oxygen atoms in total. The highest BCUT2D eigenvalue weighted by Crippen LogP contribution is 2.20. The van der Waals surface area contributed by atoms with Gasteiger partial charge in [0.2, 0.25) is 0 Å². The normalized spacial score (nSPS) is 10.4. The van der Waals surface area contributed by atoms with Gasteiger partial charge in [-0.15, -0.1) is 0 Å². The summed E-state index contributed by atoms with van der Waals surface area (Å²) in [5, 5.41) is 5.87. The van der Waals surface area contributed by atoms with Gasteiger partial charge in [-0.2, -0.15) is 5.10 Å². The molecular formula is C14H15FN4O2. The van der Waals surface area contributed by atoms with Gasteiger partial charge in [-0.3, -0.25) is 9.59 Å². The summed E-state index contributed by atoms with van der Waals surface area (Å²) in [6.07, 6.45) is 0.517. The zero-order valence-corrected chi connectivity index (χ0v) is 11.3. The number of nitrogens with zero attached hydrogens (tertiary/aromatic N) is 2. The molecule has 0 radical (unpaired) electrons. The zero-order chi connectivity index (χ0) is 15.2. The number of anilines is 1. The van der Waals surface area contributed by atoms with Crippen LogP contribution >= 0.6 is 0 Å². The molecule has 1 heterocycles. The van der Waals surface area contributed by atoms with Crippen molar-refractivity contribution in [3.05, 3.63) is 58.3 Å². The van der Waals surface area contributed by atoms with E-state index < -0.39 is 17.3 Å². The molecule has 0 bridgehead atoms. The van der Waals surface area contributed by atoms with Gasteiger partial charge in [-0.05, 0) is 31.2 Å². The summed E-state index contributed by atoms with van der Waals surface area (Å²) >= 11 is 0. The summed E-state index contributed by atoms with van der Waals surface area (Å²) in [5.41, 5.74) is 5.24. The largest absolute Gasteiger partial charge is 0.330 e. The molecule has 1 aromatic carbocycles. The highest BCUT2D eigenvalue weighted by molar-refractivity contribution is 6.04. The fraction of sp³-hybridized carbons (Fsp3) is 0.214. The van der Waals surface area contributed by atoms with Crippen LogP contribution in [0.25, 0.3) is 0 Å². The predicted molar refractivity (Wildman–Crippen MR) is 76.6 cm³/mol. The Morgan fingerprint density at radius 1 is 1.29 bits per heavy atom. The summed E-state index contributed by atoms with van der Waals surface area (Å²) in [5.74, 6) is -1.00. The van der Waals surface area contributed by atoms with Gasteiger partial charge in [0.05, 0.1) is 5.69 Å². The average molecular weight is 290 g/mol. The van der Waals surface area contributed by atoms with Gasteiger partial charge in [0, 0.05) is 12.6 Å². The van der Waals surface area contributed by atoms with Crippen molar-refractivity contribution in [1.29, 1.82) is 0 Å². The lowest BCUT2D eigenvalue weighted by Gasteiger charge is -2.22. The highest BCUT2D eigenvalue weighted by Gasteiger charge is 2.21. The molecule has 0 aliphatic rings. The number of nitrogens with two attached hydrogens (primary N) is 1. The molecule has 0 fully saturated rings. The van der Waals surface area contributed by atoms with Gasteiger partial charge >= 0.3 is 0 Å². The van der Waals surface area contributed by atoms with Gasteiger partial charge in [0.1, 0.15) is 11.5 Å². The van der Waals surface area contributed by atoms with Crippen molar-refractivity contribution in [3.8, 4) is 0 Å². The van der Waals surface area contributed by atoms with Gasteiger partial charge in [-0.25, -0.2) is 9.49 Å². The topological polar surface area (TPSA) is 92.1 Å². The van der Waals surface area contributed by atoms with E-state index in [1.807, 2.05) is 0 Å². The van der Waals surface area contributed by atoms with Crippen LogP contribution in [0.3, 0.4) is 0 Å². The van der Waals surface area contributed by atoms with Gasteiger partial charge < -0.3 is 10.6 Å². The summed E-state index contributed by atoms with van der Waals surface area (Å²) in [7, 11) is 0. The minimum Gasteiger partial charge on any atom is -0.330 e. The summed E-state index contributed by atoms with van der Waals surface area (Å²) in [6, 6.07) is 8.47. The van der Waals surface area contributed by atoms with Crippen molar-refractivity contribution in [2.45, 2.75) is 6.42 Å². The van der Waals surface area contributed by atoms with Gasteiger partial charge in [0.15, 0.2) is 0 Å². The number of nitrogens with one attached hydrogen (secondary N) is 1. The van der Waals surface area contributed by atoms with E-state index in [0.29, 0.717) is 13.0 Å². The summed E-state index contributed by atoms with van der Waals surface area (Å²) in [6.45, 7) is 0.633. The number of aromatic nitrogens is 2. The number of hydrogen-bond donors (Lipinski definition) is 2. The van der Waals surface area contributed by atoms with Crippen LogP contribution < -0.4 is 16.2 Å². The second kappa shape index (κ2) is 6.76. The fourth-order valence-corrected chi connectivity index (χ4v) is 1.85. The van der Waals surface area contributed by atoms with Crippen molar-refractivity contribution < 1.29 is 9.18 Å². The van der Waals surface area contributed by atoms with E-state index in [4.69, 9.17) is 5.73 Å². The van der Waals surface area contributed by atoms with Gasteiger partial charge in [0.25, 0.3) is 11.5 Å². The molecule has 1 aromatic heterocycles. The number of benzene rings is 1. The van der Waals surface area contributed by atoms with Crippen molar-refractivity contribution in [2.24, 2.45) is 5.73 Å². The Kier molecular flexibility index (Phi) is 4.78. The fourth-order valence-electron chi connectivity index (χ4n) is 1.85. The Balaban J connectivity index is 2.35. The Bertz CT molecular complexity index is 666. The maximum absolute atomic E-state index is 13.9. The lowest BCUT2D eigenvalue weighted by molar-refractivity contribution is 0.0980. The maximum atomic E-state index is 13.9. The van der Waals surface area contributed by atoms with Crippen LogP contribution in [0.2, 0.25) is 0 Å². The first-order valence-corrected chi connectivity index (χ1v) is 6.45. The lowest BCUT2D eigenvalue weighted by Crippen LogP contribution is -2.34. The van der Waals surface area contributed by atoms with E-state index in [-0.39, 0.29) is 17.9 Å². The van der Waals surface area contributed by atoms with Crippen LogP contribution in [-0.2, 0) is 0 Å². The standard InChI is InChI=1S/C14H15FN4O2/c15-10-4-1-2-5-12(10)19(9-3-8-16)14(21)11-6-7-13(20)18-17-11/h1-2,4-7H,3,8-9,16H2,(H,18,20). The molecule has 3 N–H and O–H groups in total. The highest BCUT2D eigenvalue weighted by atomic mass is 19.1. The first kappa shape index (κ1) is 14.9. The number of hydrogen-bond acceptors (Lipinski definition) is 4. The number of halogens is 1. The second-order valence-electron chi connectivity index (χ2n) is 4.36. The van der Waals surface area contributed by atoms with Crippen LogP contribution in [0.1, 0.15) is 16.9 Å². The number of amides is 1. The molecule has 1 amide bonds. The summed E-state index contributed by atoms with van der Waals surface area (Å²) in [4.78, 5) is 24.7. The van der Waals surface area contributed by atoms with Crippen molar-refractivity contribution >= 4 is 11.6 Å². The van der Waals surface area contributed by atoms with Crippen LogP contribution in [0.5, 0.6) is 0 Å². The van der Waals surface area contributed by atoms with Gasteiger partial charge in [-0.1, -0.05) is 12.1 Å². The van der Waals surface area contributed by atoms with Crippen molar-refractivity contribution in [1.82, 2.24) is 10.2 Å². The number of carbonyl (C=O) groups is 1. The van der Waals surface area contributed by atoms with E-state index in [0.717, 1.165) is 0 Å². The second-order valence-corrected chi connectivity index (χ2v) is 4.36. The molecular weight excluding hydrogens is 275 g/mol. The maximum Gasteiger partial charge on any atom is 0.278 e. The number of H-pyrrole nitrogens is 1. The van der Waals surface area contributed by atoms with E-state index in [2.05, 4.69) is 10.2 Å². The molecule has 110 valence electrons. The Labute approximate surface area is 120 Å². The molecule has 0 atom stereocenters. The Morgan fingerprint density at radius 3 is 2.67 bits per heavy atom. The molecule has 2 rings (SSSR count). The minimum atomic E-state index is -0.507. The predicted octanol–water partition coefficient (Wildman–Crippen LogP) is 0.905. The summed E-state index contributed by atoms with van der Waals surface area (Å²) < 4.78 is 13.9.